The van der Waals surface area contributed by atoms with Gasteiger partial charge in [-0.3, -0.25) is 19.0 Å². The van der Waals surface area contributed by atoms with Gasteiger partial charge in [0, 0.05) is 11.9 Å². The van der Waals surface area contributed by atoms with Gasteiger partial charge in [-0.1, -0.05) is 11.6 Å². The molecule has 0 unspecified atom stereocenters. The predicted octanol–water partition coefficient (Wildman–Crippen LogP) is 2.90. The number of nitrogens with zero attached hydrogens (tertiary/aromatic N) is 1. The summed E-state index contributed by atoms with van der Waals surface area (Å²) in [5.74, 6) is -0.445. The molecule has 3 aromatic rings. The Labute approximate surface area is 169 Å². The first-order valence-electron chi connectivity index (χ1n) is 8.21. The molecule has 0 fully saturated rings. The van der Waals surface area contributed by atoms with Gasteiger partial charge in [-0.2, -0.15) is 0 Å². The van der Waals surface area contributed by atoms with Crippen LogP contribution in [0.15, 0.2) is 44.6 Å². The van der Waals surface area contributed by atoms with Crippen molar-refractivity contribution in [1.82, 2.24) is 10.0 Å². The van der Waals surface area contributed by atoms with Gasteiger partial charge in [0.05, 0.1) is 35.6 Å². The van der Waals surface area contributed by atoms with Crippen molar-refractivity contribution in [3.8, 4) is 0 Å². The molecule has 0 bridgehead atoms. The summed E-state index contributed by atoms with van der Waals surface area (Å²) in [5, 5.41) is 12.6. The number of carbonyl (C=O) groups is 1. The number of pyridine rings is 1. The van der Waals surface area contributed by atoms with Crippen LogP contribution in [-0.4, -0.2) is 35.1 Å². The Morgan fingerprint density at radius 2 is 2.18 bits per heavy atom. The van der Waals surface area contributed by atoms with Gasteiger partial charge in [0.1, 0.15) is 11.4 Å². The van der Waals surface area contributed by atoms with Crippen molar-refractivity contribution in [2.75, 3.05) is 24.8 Å². The second kappa shape index (κ2) is 8.70. The fourth-order valence-corrected chi connectivity index (χ4v) is 3.38. The molecule has 3 N–H and O–H groups in total. The number of fused-ring (bicyclic) bond motifs is 1. The number of halogens is 1. The maximum atomic E-state index is 12.7. The van der Waals surface area contributed by atoms with E-state index in [1.165, 1.54) is 23.9 Å². The van der Waals surface area contributed by atoms with E-state index < -0.39 is 5.91 Å². The van der Waals surface area contributed by atoms with Crippen molar-refractivity contribution in [1.29, 1.82) is 0 Å². The highest BCUT2D eigenvalue weighted by Crippen LogP contribution is 2.32. The van der Waals surface area contributed by atoms with Gasteiger partial charge in [0.2, 0.25) is 0 Å². The molecule has 2 heterocycles. The molecule has 0 aliphatic rings. The fourth-order valence-electron chi connectivity index (χ4n) is 2.65. The summed E-state index contributed by atoms with van der Waals surface area (Å²) in [4.78, 5) is 31.3. The molecule has 1 aromatic carbocycles. The Morgan fingerprint density at radius 1 is 1.39 bits per heavy atom. The Morgan fingerprint density at radius 3 is 2.86 bits per heavy atom. The lowest BCUT2D eigenvalue weighted by atomic mass is 10.1. The minimum Gasteiger partial charge on any atom is -0.463 e. The Balaban J connectivity index is 2.12. The highest BCUT2D eigenvalue weighted by atomic mass is 35.5. The number of carbonyl (C=O) groups excluding carboxylic acids is 1. The van der Waals surface area contributed by atoms with Gasteiger partial charge in [-0.05, 0) is 30.5 Å². The summed E-state index contributed by atoms with van der Waals surface area (Å²) in [7, 11) is 1.53. The van der Waals surface area contributed by atoms with E-state index in [9.17, 15) is 9.59 Å². The number of hydroxylamine groups is 1. The summed E-state index contributed by atoms with van der Waals surface area (Å²) in [6, 6.07) is 6.90. The number of aliphatic hydroxyl groups is 1. The lowest BCUT2D eigenvalue weighted by Gasteiger charge is -2.17. The summed E-state index contributed by atoms with van der Waals surface area (Å²) < 4.78 is 6.71. The average molecular weight is 424 g/mol. The van der Waals surface area contributed by atoms with Crippen LogP contribution >= 0.6 is 23.4 Å². The Kier molecular flexibility index (Phi) is 6.30. The number of aromatic nitrogens is 1. The van der Waals surface area contributed by atoms with E-state index in [-0.39, 0.29) is 41.1 Å². The summed E-state index contributed by atoms with van der Waals surface area (Å²) in [5.41, 5.74) is 2.61. The van der Waals surface area contributed by atoms with Crippen molar-refractivity contribution < 1.29 is 19.2 Å². The number of thioether (sulfide) groups is 1. The standard InChI is InChI=1S/C18H18ClN3O5S/c1-22-16(20-13-4-3-10(28-2)9-12(13)19)14(17(24)21-27-8-6-23)15-11(18(22)25)5-7-26-15/h3-5,7,9,20,23H,6,8H2,1-2H3,(H,21,24). The smallest absolute Gasteiger partial charge is 0.282 e. The quantitative estimate of drug-likeness (QED) is 0.305. The van der Waals surface area contributed by atoms with Crippen molar-refractivity contribution in [2.24, 2.45) is 7.05 Å². The number of hydrogen-bond acceptors (Lipinski definition) is 7. The maximum absolute atomic E-state index is 12.7. The molecule has 28 heavy (non-hydrogen) atoms. The van der Waals surface area contributed by atoms with E-state index in [1.807, 2.05) is 12.3 Å². The van der Waals surface area contributed by atoms with Gasteiger partial charge in [-0.25, -0.2) is 5.48 Å². The highest BCUT2D eigenvalue weighted by Gasteiger charge is 2.24. The number of nitrogens with one attached hydrogen (secondary N) is 2. The lowest BCUT2D eigenvalue weighted by Crippen LogP contribution is -2.29. The molecule has 0 aliphatic heterocycles. The first kappa shape index (κ1) is 20.3. The number of anilines is 2. The zero-order chi connectivity index (χ0) is 20.3. The van der Waals surface area contributed by atoms with Gasteiger partial charge in [-0.15, -0.1) is 11.8 Å². The second-order valence-electron chi connectivity index (χ2n) is 5.73. The van der Waals surface area contributed by atoms with Gasteiger partial charge in [0.25, 0.3) is 11.5 Å². The van der Waals surface area contributed by atoms with Crippen LogP contribution in [0.4, 0.5) is 11.5 Å². The van der Waals surface area contributed by atoms with Gasteiger partial charge < -0.3 is 14.8 Å². The second-order valence-corrected chi connectivity index (χ2v) is 7.01. The molecule has 0 spiro atoms. The molecule has 0 saturated heterocycles. The zero-order valence-electron chi connectivity index (χ0n) is 15.1. The largest absolute Gasteiger partial charge is 0.463 e. The van der Waals surface area contributed by atoms with Gasteiger partial charge >= 0.3 is 0 Å². The molecule has 8 nitrogen and oxygen atoms in total. The van der Waals surface area contributed by atoms with Crippen LogP contribution in [0.2, 0.25) is 5.02 Å². The minimum atomic E-state index is -0.636. The van der Waals surface area contributed by atoms with Crippen molar-refractivity contribution >= 4 is 51.7 Å². The van der Waals surface area contributed by atoms with Crippen molar-refractivity contribution in [2.45, 2.75) is 4.90 Å². The van der Waals surface area contributed by atoms with Crippen LogP contribution in [0, 0.1) is 0 Å². The first-order chi connectivity index (χ1) is 13.5. The zero-order valence-corrected chi connectivity index (χ0v) is 16.7. The molecule has 3 rings (SSSR count). The van der Waals surface area contributed by atoms with E-state index in [4.69, 9.17) is 26.0 Å². The summed E-state index contributed by atoms with van der Waals surface area (Å²) >= 11 is 7.88. The van der Waals surface area contributed by atoms with Crippen LogP contribution < -0.4 is 16.4 Å². The van der Waals surface area contributed by atoms with Crippen LogP contribution in [0.3, 0.4) is 0 Å². The Bertz CT molecular complexity index is 1080. The summed E-state index contributed by atoms with van der Waals surface area (Å²) in [6.07, 6.45) is 3.27. The van der Waals surface area contributed by atoms with E-state index in [0.29, 0.717) is 10.7 Å². The number of amides is 1. The molecular weight excluding hydrogens is 406 g/mol. The lowest BCUT2D eigenvalue weighted by molar-refractivity contribution is 0.0169. The minimum absolute atomic E-state index is 0.0741. The van der Waals surface area contributed by atoms with Gasteiger partial charge in [0.15, 0.2) is 5.58 Å². The van der Waals surface area contributed by atoms with Crippen molar-refractivity contribution in [3.63, 3.8) is 0 Å². The van der Waals surface area contributed by atoms with Crippen LogP contribution in [-0.2, 0) is 11.9 Å². The molecule has 0 saturated carbocycles. The van der Waals surface area contributed by atoms with E-state index in [0.717, 1.165) is 4.90 Å². The third-order valence-corrected chi connectivity index (χ3v) is 5.05. The predicted molar refractivity (Wildman–Crippen MR) is 108 cm³/mol. The molecule has 2 aromatic heterocycles. The monoisotopic (exact) mass is 423 g/mol. The van der Waals surface area contributed by atoms with Crippen molar-refractivity contribution in [3.05, 3.63) is 51.5 Å². The molecular formula is C18H18ClN3O5S. The van der Waals surface area contributed by atoms with Crippen LogP contribution in [0.1, 0.15) is 10.4 Å². The van der Waals surface area contributed by atoms with E-state index in [2.05, 4.69) is 10.8 Å². The van der Waals surface area contributed by atoms with E-state index in [1.54, 1.807) is 23.9 Å². The molecule has 148 valence electrons. The normalized spacial score (nSPS) is 11.0. The molecule has 1 amide bonds. The third-order valence-electron chi connectivity index (χ3n) is 4.01. The topological polar surface area (TPSA) is 106 Å². The van der Waals surface area contributed by atoms with Crippen LogP contribution in [0.5, 0.6) is 0 Å². The first-order valence-corrected chi connectivity index (χ1v) is 9.82. The molecule has 10 heteroatoms. The molecule has 0 aliphatic carbocycles. The number of furan rings is 1. The number of hydrogen-bond donors (Lipinski definition) is 3. The number of rotatable bonds is 7. The fraction of sp³-hybridized carbons (Fsp3) is 0.222. The summed E-state index contributed by atoms with van der Waals surface area (Å²) in [6.45, 7) is -0.338. The highest BCUT2D eigenvalue weighted by molar-refractivity contribution is 7.98. The van der Waals surface area contributed by atoms with E-state index >= 15 is 0 Å². The SMILES string of the molecule is CSc1ccc(Nc2c(C(=O)NOCCO)c3occc3c(=O)n2C)c(Cl)c1. The maximum Gasteiger partial charge on any atom is 0.282 e. The number of aliphatic hydroxyl groups excluding tert-OH is 1. The van der Waals surface area contributed by atoms with Crippen LogP contribution in [0.25, 0.3) is 11.0 Å². The average Bonchev–Trinajstić information content (AvgIpc) is 3.17. The third kappa shape index (κ3) is 3.88. The number of benzene rings is 1. The molecule has 0 atom stereocenters. The Hall–Kier alpha value is -2.46. The molecule has 0 radical (unpaired) electrons.